The Hall–Kier alpha value is -2.10. The molecule has 3 rings (SSSR count). The first-order valence-electron chi connectivity index (χ1n) is 10.3. The predicted octanol–water partition coefficient (Wildman–Crippen LogP) is 5.39. The zero-order valence-electron chi connectivity index (χ0n) is 16.8. The van der Waals surface area contributed by atoms with Crippen LogP contribution in [0.15, 0.2) is 40.9 Å². The molecule has 4 nitrogen and oxygen atoms in total. The Balaban J connectivity index is 1.43. The van der Waals surface area contributed by atoms with Crippen LogP contribution >= 0.6 is 0 Å². The third-order valence-corrected chi connectivity index (χ3v) is 6.29. The van der Waals surface area contributed by atoms with E-state index in [2.05, 4.69) is 31.1 Å². The summed E-state index contributed by atoms with van der Waals surface area (Å²) in [5.41, 5.74) is 1.42. The summed E-state index contributed by atoms with van der Waals surface area (Å²) in [6.45, 7) is 7.02. The van der Waals surface area contributed by atoms with Gasteiger partial charge in [-0.15, -0.1) is 0 Å². The molecule has 0 unspecified atom stereocenters. The van der Waals surface area contributed by atoms with E-state index in [4.69, 9.17) is 4.42 Å². The van der Waals surface area contributed by atoms with E-state index in [1.54, 1.807) is 6.20 Å². The minimum absolute atomic E-state index is 0.104. The number of hydrogen-bond donors (Lipinski definition) is 1. The van der Waals surface area contributed by atoms with Gasteiger partial charge in [0.05, 0.1) is 6.20 Å². The number of carbonyl (C=O) groups excluding carboxylic acids is 1. The highest BCUT2D eigenvalue weighted by molar-refractivity contribution is 5.76. The number of oxazole rings is 1. The topological polar surface area (TPSA) is 55.1 Å². The van der Waals surface area contributed by atoms with Crippen molar-refractivity contribution in [3.05, 3.63) is 42.4 Å². The van der Waals surface area contributed by atoms with E-state index in [9.17, 15) is 4.79 Å². The summed E-state index contributed by atoms with van der Waals surface area (Å²) in [4.78, 5) is 16.6. The van der Waals surface area contributed by atoms with Gasteiger partial charge in [-0.25, -0.2) is 4.98 Å². The van der Waals surface area contributed by atoms with Gasteiger partial charge in [0.2, 0.25) is 5.91 Å². The molecule has 0 atom stereocenters. The summed E-state index contributed by atoms with van der Waals surface area (Å²) in [5, 5.41) is 3.21. The minimum Gasteiger partial charge on any atom is -0.441 e. The molecule has 27 heavy (non-hydrogen) atoms. The van der Waals surface area contributed by atoms with E-state index in [1.165, 1.54) is 19.3 Å². The molecular formula is C23H32N2O2. The van der Waals surface area contributed by atoms with Crippen LogP contribution in [0.2, 0.25) is 0 Å². The molecule has 0 aliphatic heterocycles. The maximum Gasteiger partial charge on any atom is 0.220 e. The number of aryl methyl sites for hydroxylation is 1. The van der Waals surface area contributed by atoms with Crippen molar-refractivity contribution in [3.63, 3.8) is 0 Å². The Bertz CT molecular complexity index is 728. The van der Waals surface area contributed by atoms with Crippen molar-refractivity contribution < 1.29 is 9.21 Å². The highest BCUT2D eigenvalue weighted by Gasteiger charge is 2.32. The van der Waals surface area contributed by atoms with E-state index in [-0.39, 0.29) is 5.91 Å². The Morgan fingerprint density at radius 2 is 1.89 bits per heavy atom. The number of nitrogens with zero attached hydrogens (tertiary/aromatic N) is 1. The maximum absolute atomic E-state index is 12.3. The Morgan fingerprint density at radius 3 is 2.56 bits per heavy atom. The van der Waals surface area contributed by atoms with Crippen molar-refractivity contribution in [3.8, 4) is 11.3 Å². The van der Waals surface area contributed by atoms with Crippen molar-refractivity contribution in [1.29, 1.82) is 0 Å². The largest absolute Gasteiger partial charge is 0.441 e. The van der Waals surface area contributed by atoms with E-state index < -0.39 is 0 Å². The van der Waals surface area contributed by atoms with Crippen LogP contribution in [0.4, 0.5) is 0 Å². The SMILES string of the molecule is CCC(C)(C)C1CCC(NC(=O)CCc2ncc(-c3ccccc3)o2)CC1. The number of carbonyl (C=O) groups is 1. The first-order valence-corrected chi connectivity index (χ1v) is 10.3. The zero-order valence-corrected chi connectivity index (χ0v) is 16.8. The lowest BCUT2D eigenvalue weighted by molar-refractivity contribution is -0.122. The lowest BCUT2D eigenvalue weighted by Crippen LogP contribution is -2.40. The maximum atomic E-state index is 12.3. The summed E-state index contributed by atoms with van der Waals surface area (Å²) in [7, 11) is 0. The lowest BCUT2D eigenvalue weighted by atomic mass is 9.69. The van der Waals surface area contributed by atoms with Gasteiger partial charge in [-0.1, -0.05) is 57.5 Å². The number of benzene rings is 1. The molecule has 1 aliphatic rings. The van der Waals surface area contributed by atoms with Crippen molar-refractivity contribution in [2.24, 2.45) is 11.3 Å². The Morgan fingerprint density at radius 1 is 1.19 bits per heavy atom. The third kappa shape index (κ3) is 5.21. The summed E-state index contributed by atoms with van der Waals surface area (Å²) < 4.78 is 5.78. The molecular weight excluding hydrogens is 336 g/mol. The molecule has 0 spiro atoms. The molecule has 2 aromatic rings. The lowest BCUT2D eigenvalue weighted by Gasteiger charge is -2.39. The number of amides is 1. The fourth-order valence-corrected chi connectivity index (χ4v) is 3.99. The molecule has 0 saturated heterocycles. The molecule has 4 heteroatoms. The summed E-state index contributed by atoms with van der Waals surface area (Å²) in [5.74, 6) is 2.26. The van der Waals surface area contributed by atoms with Gasteiger partial charge < -0.3 is 9.73 Å². The van der Waals surface area contributed by atoms with Gasteiger partial charge >= 0.3 is 0 Å². The first-order chi connectivity index (χ1) is 13.0. The summed E-state index contributed by atoms with van der Waals surface area (Å²) >= 11 is 0. The van der Waals surface area contributed by atoms with E-state index in [0.717, 1.165) is 30.1 Å². The standard InChI is InChI=1S/C23H32N2O2/c1-4-23(2,3)18-10-12-19(13-11-18)25-21(26)14-15-22-24-16-20(27-22)17-8-6-5-7-9-17/h5-9,16,18-19H,4,10-15H2,1-3H3,(H,25,26). The average Bonchev–Trinajstić information content (AvgIpc) is 3.17. The van der Waals surface area contributed by atoms with E-state index in [0.29, 0.717) is 30.2 Å². The molecule has 1 aliphatic carbocycles. The van der Waals surface area contributed by atoms with Crippen LogP contribution in [-0.4, -0.2) is 16.9 Å². The molecule has 1 aromatic carbocycles. The second kappa shape index (κ2) is 8.73. The average molecular weight is 369 g/mol. The van der Waals surface area contributed by atoms with Crippen LogP contribution in [0.3, 0.4) is 0 Å². The fourth-order valence-electron chi connectivity index (χ4n) is 3.99. The van der Waals surface area contributed by atoms with Crippen molar-refractivity contribution in [2.45, 2.75) is 71.8 Å². The van der Waals surface area contributed by atoms with Gasteiger partial charge in [-0.3, -0.25) is 4.79 Å². The smallest absolute Gasteiger partial charge is 0.220 e. The normalized spacial score (nSPS) is 20.4. The molecule has 146 valence electrons. The van der Waals surface area contributed by atoms with Crippen LogP contribution in [0.5, 0.6) is 0 Å². The van der Waals surface area contributed by atoms with E-state index in [1.807, 2.05) is 30.3 Å². The first kappa shape index (κ1) is 19.7. The van der Waals surface area contributed by atoms with E-state index >= 15 is 0 Å². The Labute approximate surface area is 162 Å². The van der Waals surface area contributed by atoms with Gasteiger partial charge in [0.1, 0.15) is 0 Å². The van der Waals surface area contributed by atoms with Crippen molar-refractivity contribution >= 4 is 5.91 Å². The van der Waals surface area contributed by atoms with Gasteiger partial charge in [-0.05, 0) is 37.0 Å². The number of aromatic nitrogens is 1. The quantitative estimate of drug-likeness (QED) is 0.713. The summed E-state index contributed by atoms with van der Waals surface area (Å²) in [6.07, 6.45) is 8.53. The number of nitrogens with one attached hydrogen (secondary N) is 1. The Kier molecular flexibility index (Phi) is 6.35. The van der Waals surface area contributed by atoms with Gasteiger partial charge in [0, 0.05) is 24.4 Å². The van der Waals surface area contributed by atoms with Crippen LogP contribution in [0.25, 0.3) is 11.3 Å². The predicted molar refractivity (Wildman–Crippen MR) is 108 cm³/mol. The van der Waals surface area contributed by atoms with Crippen LogP contribution in [0.1, 0.15) is 65.2 Å². The van der Waals surface area contributed by atoms with Crippen LogP contribution in [0, 0.1) is 11.3 Å². The molecule has 0 radical (unpaired) electrons. The molecule has 1 N–H and O–H groups in total. The van der Waals surface area contributed by atoms with Gasteiger partial charge in [0.15, 0.2) is 11.7 Å². The molecule has 1 aromatic heterocycles. The highest BCUT2D eigenvalue weighted by Crippen LogP contribution is 2.40. The molecule has 0 bridgehead atoms. The second-order valence-electron chi connectivity index (χ2n) is 8.44. The number of hydrogen-bond acceptors (Lipinski definition) is 3. The van der Waals surface area contributed by atoms with Gasteiger partial charge in [0.25, 0.3) is 0 Å². The van der Waals surface area contributed by atoms with Gasteiger partial charge in [-0.2, -0.15) is 0 Å². The molecule has 1 heterocycles. The third-order valence-electron chi connectivity index (χ3n) is 6.29. The molecule has 1 amide bonds. The fraction of sp³-hybridized carbons (Fsp3) is 0.565. The summed E-state index contributed by atoms with van der Waals surface area (Å²) in [6, 6.07) is 10.2. The minimum atomic E-state index is 0.104. The van der Waals surface area contributed by atoms with Crippen LogP contribution < -0.4 is 5.32 Å². The highest BCUT2D eigenvalue weighted by atomic mass is 16.4. The number of rotatable bonds is 7. The molecule has 1 fully saturated rings. The molecule has 1 saturated carbocycles. The van der Waals surface area contributed by atoms with Crippen LogP contribution in [-0.2, 0) is 11.2 Å². The van der Waals surface area contributed by atoms with Crippen molar-refractivity contribution in [1.82, 2.24) is 10.3 Å². The zero-order chi connectivity index (χ0) is 19.3. The second-order valence-corrected chi connectivity index (χ2v) is 8.44. The van der Waals surface area contributed by atoms with Crippen molar-refractivity contribution in [2.75, 3.05) is 0 Å². The monoisotopic (exact) mass is 368 g/mol.